The van der Waals surface area contributed by atoms with E-state index in [0.29, 0.717) is 0 Å². The molecule has 0 saturated carbocycles. The molecule has 0 aliphatic heterocycles. The second-order valence-corrected chi connectivity index (χ2v) is 5.73. The van der Waals surface area contributed by atoms with E-state index in [0.717, 1.165) is 12.2 Å². The van der Waals surface area contributed by atoms with Gasteiger partial charge in [-0.2, -0.15) is 5.10 Å². The number of aryl methyl sites for hydroxylation is 3. The van der Waals surface area contributed by atoms with Gasteiger partial charge in [0, 0.05) is 29.3 Å². The van der Waals surface area contributed by atoms with Crippen LogP contribution in [0.15, 0.2) is 12.4 Å². The van der Waals surface area contributed by atoms with Crippen LogP contribution in [0.4, 0.5) is 0 Å². The van der Waals surface area contributed by atoms with E-state index < -0.39 is 0 Å². The lowest BCUT2D eigenvalue weighted by molar-refractivity contribution is 0.635. The van der Waals surface area contributed by atoms with Crippen LogP contribution in [0.1, 0.15) is 33.6 Å². The van der Waals surface area contributed by atoms with E-state index in [1.54, 1.807) is 11.0 Å². The summed E-state index contributed by atoms with van der Waals surface area (Å²) in [7, 11) is 1.91. The molecule has 1 atom stereocenters. The molecular formula is C12H16N4S. The van der Waals surface area contributed by atoms with Gasteiger partial charge >= 0.3 is 0 Å². The normalized spacial score (nSPS) is 16.1. The predicted molar refractivity (Wildman–Crippen MR) is 68.0 cm³/mol. The number of nitrogens with two attached hydrogens (primary N) is 1. The van der Waals surface area contributed by atoms with Gasteiger partial charge in [-0.3, -0.25) is 4.68 Å². The minimum Gasteiger partial charge on any atom is -0.323 e. The van der Waals surface area contributed by atoms with Gasteiger partial charge in [0.1, 0.15) is 12.2 Å². The van der Waals surface area contributed by atoms with Crippen LogP contribution in [-0.2, 0) is 26.3 Å². The molecule has 0 saturated heterocycles. The van der Waals surface area contributed by atoms with Gasteiger partial charge in [-0.05, 0) is 30.9 Å². The van der Waals surface area contributed by atoms with Crippen molar-refractivity contribution in [3.63, 3.8) is 0 Å². The Bertz CT molecular complexity index is 507. The maximum atomic E-state index is 6.25. The molecule has 0 amide bonds. The maximum Gasteiger partial charge on any atom is 0.138 e. The fourth-order valence-corrected chi connectivity index (χ4v) is 3.60. The van der Waals surface area contributed by atoms with E-state index in [1.165, 1.54) is 34.6 Å². The van der Waals surface area contributed by atoms with Gasteiger partial charge in [0.25, 0.3) is 0 Å². The first-order valence-electron chi connectivity index (χ1n) is 5.94. The SMILES string of the molecule is Cn1ncnc1CC(N)c1cc2c(s1)CCC2. The molecule has 1 unspecified atom stereocenters. The quantitative estimate of drug-likeness (QED) is 0.897. The summed E-state index contributed by atoms with van der Waals surface area (Å²) in [6.45, 7) is 0. The summed E-state index contributed by atoms with van der Waals surface area (Å²) < 4.78 is 1.79. The Hall–Kier alpha value is -1.20. The number of rotatable bonds is 3. The van der Waals surface area contributed by atoms with E-state index in [9.17, 15) is 0 Å². The lowest BCUT2D eigenvalue weighted by Gasteiger charge is -2.08. The van der Waals surface area contributed by atoms with Crippen molar-refractivity contribution >= 4 is 11.3 Å². The molecule has 0 fully saturated rings. The van der Waals surface area contributed by atoms with Crippen LogP contribution < -0.4 is 5.73 Å². The van der Waals surface area contributed by atoms with Crippen LogP contribution in [0.5, 0.6) is 0 Å². The highest BCUT2D eigenvalue weighted by Gasteiger charge is 2.19. The summed E-state index contributed by atoms with van der Waals surface area (Å²) in [4.78, 5) is 7.05. The fourth-order valence-electron chi connectivity index (χ4n) is 2.34. The van der Waals surface area contributed by atoms with Crippen molar-refractivity contribution in [2.24, 2.45) is 12.8 Å². The molecule has 2 N–H and O–H groups in total. The first kappa shape index (κ1) is 10.9. The molecule has 0 spiro atoms. The molecule has 1 aliphatic rings. The Kier molecular flexibility index (Phi) is 2.72. The Morgan fingerprint density at radius 1 is 1.53 bits per heavy atom. The number of hydrogen-bond acceptors (Lipinski definition) is 4. The number of fused-ring (bicyclic) bond motifs is 1. The van der Waals surface area contributed by atoms with Crippen molar-refractivity contribution in [3.05, 3.63) is 33.5 Å². The summed E-state index contributed by atoms with van der Waals surface area (Å²) in [5.74, 6) is 0.950. The zero-order chi connectivity index (χ0) is 11.8. The first-order chi connectivity index (χ1) is 8.24. The number of aromatic nitrogens is 3. The van der Waals surface area contributed by atoms with E-state index in [1.807, 2.05) is 18.4 Å². The van der Waals surface area contributed by atoms with Crippen molar-refractivity contribution in [1.82, 2.24) is 14.8 Å². The zero-order valence-corrected chi connectivity index (χ0v) is 10.7. The highest BCUT2D eigenvalue weighted by Crippen LogP contribution is 2.33. The molecule has 2 aromatic rings. The average molecular weight is 248 g/mol. The van der Waals surface area contributed by atoms with Crippen molar-refractivity contribution < 1.29 is 0 Å². The Labute approximate surface area is 104 Å². The Morgan fingerprint density at radius 3 is 3.12 bits per heavy atom. The van der Waals surface area contributed by atoms with Gasteiger partial charge in [-0.25, -0.2) is 4.98 Å². The maximum absolute atomic E-state index is 6.25. The Balaban J connectivity index is 1.77. The molecule has 17 heavy (non-hydrogen) atoms. The molecule has 5 heteroatoms. The van der Waals surface area contributed by atoms with Crippen LogP contribution in [0.2, 0.25) is 0 Å². The summed E-state index contributed by atoms with van der Waals surface area (Å²) in [5.41, 5.74) is 7.76. The van der Waals surface area contributed by atoms with Crippen molar-refractivity contribution in [2.75, 3.05) is 0 Å². The molecule has 0 radical (unpaired) electrons. The van der Waals surface area contributed by atoms with E-state index in [-0.39, 0.29) is 6.04 Å². The highest BCUT2D eigenvalue weighted by molar-refractivity contribution is 7.12. The number of nitrogens with zero attached hydrogens (tertiary/aromatic N) is 3. The summed E-state index contributed by atoms with van der Waals surface area (Å²) in [6, 6.07) is 2.34. The van der Waals surface area contributed by atoms with Crippen LogP contribution in [0.25, 0.3) is 0 Å². The second-order valence-electron chi connectivity index (χ2n) is 4.56. The van der Waals surface area contributed by atoms with Gasteiger partial charge in [-0.1, -0.05) is 0 Å². The van der Waals surface area contributed by atoms with Crippen LogP contribution in [0, 0.1) is 0 Å². The van der Waals surface area contributed by atoms with Crippen LogP contribution in [0.3, 0.4) is 0 Å². The monoisotopic (exact) mass is 248 g/mol. The largest absolute Gasteiger partial charge is 0.323 e. The smallest absolute Gasteiger partial charge is 0.138 e. The molecule has 2 heterocycles. The standard InChI is InChI=1S/C12H16N4S/c1-16-12(14-7-15-16)6-9(13)11-5-8-3-2-4-10(8)17-11/h5,7,9H,2-4,6,13H2,1H3. The second kappa shape index (κ2) is 4.23. The zero-order valence-electron chi connectivity index (χ0n) is 9.89. The van der Waals surface area contributed by atoms with Gasteiger partial charge in [0.05, 0.1) is 0 Å². The van der Waals surface area contributed by atoms with Gasteiger partial charge in [0.15, 0.2) is 0 Å². The van der Waals surface area contributed by atoms with E-state index >= 15 is 0 Å². The molecule has 1 aliphatic carbocycles. The third-order valence-corrected chi connectivity index (χ3v) is 4.71. The average Bonchev–Trinajstić information content (AvgIpc) is 2.93. The van der Waals surface area contributed by atoms with Crippen LogP contribution in [-0.4, -0.2) is 14.8 Å². The Morgan fingerprint density at radius 2 is 2.41 bits per heavy atom. The fraction of sp³-hybridized carbons (Fsp3) is 0.500. The third-order valence-electron chi connectivity index (χ3n) is 3.34. The molecule has 0 bridgehead atoms. The molecular weight excluding hydrogens is 232 g/mol. The first-order valence-corrected chi connectivity index (χ1v) is 6.75. The van der Waals surface area contributed by atoms with Gasteiger partial charge in [0.2, 0.25) is 0 Å². The number of thiophene rings is 1. The van der Waals surface area contributed by atoms with Crippen molar-refractivity contribution in [1.29, 1.82) is 0 Å². The topological polar surface area (TPSA) is 56.7 Å². The van der Waals surface area contributed by atoms with Crippen LogP contribution >= 0.6 is 11.3 Å². The molecule has 2 aromatic heterocycles. The highest BCUT2D eigenvalue weighted by atomic mass is 32.1. The minimum atomic E-state index is 0.0495. The van der Waals surface area contributed by atoms with E-state index in [4.69, 9.17) is 5.73 Å². The molecule has 0 aromatic carbocycles. The van der Waals surface area contributed by atoms with Gasteiger partial charge < -0.3 is 5.73 Å². The van der Waals surface area contributed by atoms with Crippen molar-refractivity contribution in [3.8, 4) is 0 Å². The lowest BCUT2D eigenvalue weighted by Crippen LogP contribution is -2.15. The summed E-state index contributed by atoms with van der Waals surface area (Å²) in [6.07, 6.45) is 6.10. The van der Waals surface area contributed by atoms with Gasteiger partial charge in [-0.15, -0.1) is 11.3 Å². The predicted octanol–water partition coefficient (Wildman–Crippen LogP) is 1.61. The van der Waals surface area contributed by atoms with Crippen molar-refractivity contribution in [2.45, 2.75) is 31.7 Å². The summed E-state index contributed by atoms with van der Waals surface area (Å²) in [5, 5.41) is 4.07. The summed E-state index contributed by atoms with van der Waals surface area (Å²) >= 11 is 1.88. The number of hydrogen-bond donors (Lipinski definition) is 1. The lowest BCUT2D eigenvalue weighted by atomic mass is 10.1. The molecule has 4 nitrogen and oxygen atoms in total. The molecule has 90 valence electrons. The van der Waals surface area contributed by atoms with E-state index in [2.05, 4.69) is 16.1 Å². The minimum absolute atomic E-state index is 0.0495. The third kappa shape index (κ3) is 2.00. The molecule has 3 rings (SSSR count).